The summed E-state index contributed by atoms with van der Waals surface area (Å²) >= 11 is 1.40. The average molecular weight is 426 g/mol. The van der Waals surface area contributed by atoms with Crippen LogP contribution in [-0.4, -0.2) is 14.3 Å². The first kappa shape index (κ1) is 19.9. The van der Waals surface area contributed by atoms with Gasteiger partial charge in [-0.2, -0.15) is 0 Å². The molecule has 6 heteroatoms. The molecule has 0 spiro atoms. The van der Waals surface area contributed by atoms with E-state index in [1.54, 1.807) is 29.6 Å². The molecule has 0 unspecified atom stereocenters. The van der Waals surface area contributed by atoms with Crippen molar-refractivity contribution in [2.24, 2.45) is 0 Å². The Morgan fingerprint density at radius 3 is 2.31 bits per heavy atom. The lowest BCUT2D eigenvalue weighted by Crippen LogP contribution is -2.23. The summed E-state index contributed by atoms with van der Waals surface area (Å²) in [5.74, 6) is 0.142. The molecule has 1 amide bonds. The Bertz CT molecular complexity index is 1160. The van der Waals surface area contributed by atoms with Crippen LogP contribution in [0.2, 0.25) is 0 Å². The van der Waals surface area contributed by atoms with Gasteiger partial charge in [0.05, 0.1) is 10.6 Å². The van der Waals surface area contributed by atoms with Crippen LogP contribution in [0.25, 0.3) is 0 Å². The Morgan fingerprint density at radius 2 is 1.69 bits per heavy atom. The van der Waals surface area contributed by atoms with E-state index in [2.05, 4.69) is 43.4 Å². The molecular formula is C23H23NO3S2. The van der Waals surface area contributed by atoms with E-state index in [1.165, 1.54) is 16.9 Å². The largest absolute Gasteiger partial charge is 0.324 e. The van der Waals surface area contributed by atoms with Crippen molar-refractivity contribution in [3.63, 3.8) is 0 Å². The monoisotopic (exact) mass is 425 g/mol. The maximum atomic E-state index is 13.2. The highest BCUT2D eigenvalue weighted by Crippen LogP contribution is 2.45. The molecule has 0 saturated carbocycles. The normalized spacial score (nSPS) is 16.6. The van der Waals surface area contributed by atoms with Crippen LogP contribution in [0.5, 0.6) is 0 Å². The fourth-order valence-electron chi connectivity index (χ4n) is 3.63. The summed E-state index contributed by atoms with van der Waals surface area (Å²) in [6.45, 7) is 6.20. The molecule has 1 atom stereocenters. The fraction of sp³-hybridized carbons (Fsp3) is 0.261. The second-order valence-electron chi connectivity index (χ2n) is 7.78. The quantitative estimate of drug-likeness (QED) is 0.601. The van der Waals surface area contributed by atoms with E-state index in [0.717, 1.165) is 16.0 Å². The second-order valence-corrected chi connectivity index (χ2v) is 10.6. The Balaban J connectivity index is 1.77. The van der Waals surface area contributed by atoms with Gasteiger partial charge >= 0.3 is 0 Å². The molecule has 29 heavy (non-hydrogen) atoms. The van der Waals surface area contributed by atoms with E-state index < -0.39 is 9.84 Å². The van der Waals surface area contributed by atoms with Crippen molar-refractivity contribution >= 4 is 32.8 Å². The third-order valence-corrected chi connectivity index (χ3v) is 8.42. The Morgan fingerprint density at radius 1 is 1.03 bits per heavy atom. The highest BCUT2D eigenvalue weighted by Gasteiger charge is 2.34. The van der Waals surface area contributed by atoms with Crippen molar-refractivity contribution in [2.45, 2.75) is 48.8 Å². The lowest BCUT2D eigenvalue weighted by atomic mass is 9.89. The lowest BCUT2D eigenvalue weighted by Gasteiger charge is -2.24. The van der Waals surface area contributed by atoms with Gasteiger partial charge in [0, 0.05) is 22.6 Å². The highest BCUT2D eigenvalue weighted by molar-refractivity contribution is 7.91. The molecule has 1 aliphatic heterocycles. The van der Waals surface area contributed by atoms with Crippen molar-refractivity contribution in [1.82, 2.24) is 0 Å². The minimum atomic E-state index is -3.71. The van der Waals surface area contributed by atoms with Crippen molar-refractivity contribution in [3.05, 3.63) is 75.5 Å². The third-order valence-electron chi connectivity index (χ3n) is 5.38. The number of benzene rings is 2. The Hall–Kier alpha value is -2.44. The molecule has 0 saturated heterocycles. The summed E-state index contributed by atoms with van der Waals surface area (Å²) in [5.41, 5.74) is 3.70. The van der Waals surface area contributed by atoms with Gasteiger partial charge in [-0.1, -0.05) is 55.8 Å². The molecular weight excluding hydrogens is 402 g/mol. The number of hydrogen-bond donors (Lipinski definition) is 1. The van der Waals surface area contributed by atoms with Crippen molar-refractivity contribution in [1.29, 1.82) is 0 Å². The number of sulfone groups is 1. The molecule has 4 rings (SSSR count). The number of nitrogens with one attached hydrogen (secondary N) is 1. The maximum Gasteiger partial charge on any atom is 0.225 e. The summed E-state index contributed by atoms with van der Waals surface area (Å²) < 4.78 is 26.4. The summed E-state index contributed by atoms with van der Waals surface area (Å²) in [5, 5.41) is 4.47. The standard InChI is InChI=1S/C23H23NO3S2/c1-14(2)16-6-8-17(9-7-16)19-12-21(25)24-22-20(13-28-23(19)22)29(26,27)18-10-4-15(3)5-11-18/h4-11,13-14,19H,12H2,1-3H3,(H,24,25)/t19-/m0/s1. The predicted molar refractivity (Wildman–Crippen MR) is 117 cm³/mol. The van der Waals surface area contributed by atoms with Crippen LogP contribution in [0.4, 0.5) is 5.69 Å². The lowest BCUT2D eigenvalue weighted by molar-refractivity contribution is -0.116. The molecule has 0 bridgehead atoms. The first-order chi connectivity index (χ1) is 13.8. The summed E-state index contributed by atoms with van der Waals surface area (Å²) in [6.07, 6.45) is 0.318. The van der Waals surface area contributed by atoms with Gasteiger partial charge in [-0.25, -0.2) is 8.42 Å². The van der Waals surface area contributed by atoms with Crippen LogP contribution < -0.4 is 5.32 Å². The SMILES string of the molecule is Cc1ccc(S(=O)(=O)c2csc3c2NC(=O)C[C@H]3c2ccc(C(C)C)cc2)cc1. The summed E-state index contributed by atoms with van der Waals surface area (Å²) in [6, 6.07) is 15.1. The van der Waals surface area contributed by atoms with Crippen molar-refractivity contribution in [2.75, 3.05) is 5.32 Å². The number of carbonyl (C=O) groups excluding carboxylic acids is 1. The van der Waals surface area contributed by atoms with E-state index in [0.29, 0.717) is 18.0 Å². The van der Waals surface area contributed by atoms with Crippen LogP contribution in [0.15, 0.2) is 63.7 Å². The molecule has 0 radical (unpaired) electrons. The van der Waals surface area contributed by atoms with Crippen LogP contribution in [0, 0.1) is 6.92 Å². The van der Waals surface area contributed by atoms with E-state index in [4.69, 9.17) is 0 Å². The van der Waals surface area contributed by atoms with Gasteiger partial charge in [-0.05, 0) is 36.1 Å². The number of carbonyl (C=O) groups is 1. The summed E-state index contributed by atoms with van der Waals surface area (Å²) in [7, 11) is -3.71. The van der Waals surface area contributed by atoms with Gasteiger partial charge in [0.25, 0.3) is 0 Å². The average Bonchev–Trinajstić information content (AvgIpc) is 3.12. The predicted octanol–water partition coefficient (Wildman–Crippen LogP) is 5.49. The molecule has 2 heterocycles. The second kappa shape index (κ2) is 7.43. The van der Waals surface area contributed by atoms with Crippen LogP contribution >= 0.6 is 11.3 Å². The first-order valence-electron chi connectivity index (χ1n) is 9.60. The smallest absolute Gasteiger partial charge is 0.225 e. The number of hydrogen-bond acceptors (Lipinski definition) is 4. The fourth-order valence-corrected chi connectivity index (χ4v) is 6.54. The molecule has 0 aliphatic carbocycles. The molecule has 2 aromatic carbocycles. The number of anilines is 1. The van der Waals surface area contributed by atoms with Gasteiger partial charge < -0.3 is 5.32 Å². The van der Waals surface area contributed by atoms with E-state index in [9.17, 15) is 13.2 Å². The zero-order valence-electron chi connectivity index (χ0n) is 16.6. The number of fused-ring (bicyclic) bond motifs is 1. The van der Waals surface area contributed by atoms with E-state index in [1.807, 2.05) is 6.92 Å². The van der Waals surface area contributed by atoms with Crippen molar-refractivity contribution in [3.8, 4) is 0 Å². The first-order valence-corrected chi connectivity index (χ1v) is 12.0. The number of amides is 1. The highest BCUT2D eigenvalue weighted by atomic mass is 32.2. The van der Waals surface area contributed by atoms with Gasteiger partial charge in [-0.15, -0.1) is 11.3 Å². The molecule has 1 aliphatic rings. The van der Waals surface area contributed by atoms with Crippen LogP contribution in [0.1, 0.15) is 53.7 Å². The zero-order chi connectivity index (χ0) is 20.8. The number of rotatable bonds is 4. The van der Waals surface area contributed by atoms with Gasteiger partial charge in [0.2, 0.25) is 15.7 Å². The molecule has 1 aromatic heterocycles. The van der Waals surface area contributed by atoms with Crippen LogP contribution in [0.3, 0.4) is 0 Å². The zero-order valence-corrected chi connectivity index (χ0v) is 18.2. The van der Waals surface area contributed by atoms with Gasteiger partial charge in [-0.3, -0.25) is 4.79 Å². The van der Waals surface area contributed by atoms with Crippen LogP contribution in [-0.2, 0) is 14.6 Å². The minimum Gasteiger partial charge on any atom is -0.324 e. The third kappa shape index (κ3) is 3.63. The van der Waals surface area contributed by atoms with Gasteiger partial charge in [0.1, 0.15) is 4.90 Å². The molecule has 3 aromatic rings. The molecule has 4 nitrogen and oxygen atoms in total. The van der Waals surface area contributed by atoms with E-state index >= 15 is 0 Å². The Labute approximate surface area is 175 Å². The summed E-state index contributed by atoms with van der Waals surface area (Å²) in [4.78, 5) is 13.8. The minimum absolute atomic E-state index is 0.132. The van der Waals surface area contributed by atoms with E-state index in [-0.39, 0.29) is 21.6 Å². The number of thiophene rings is 1. The molecule has 0 fully saturated rings. The van der Waals surface area contributed by atoms with Crippen molar-refractivity contribution < 1.29 is 13.2 Å². The molecule has 150 valence electrons. The maximum absolute atomic E-state index is 13.2. The van der Waals surface area contributed by atoms with Gasteiger partial charge in [0.15, 0.2) is 0 Å². The topological polar surface area (TPSA) is 63.2 Å². The number of aryl methyl sites for hydroxylation is 1. The Kier molecular flexibility index (Phi) is 5.09. The molecule has 1 N–H and O–H groups in total.